The molecule has 5 aromatic carbocycles. The van der Waals surface area contributed by atoms with E-state index >= 15 is 0 Å². The molecule has 45 heavy (non-hydrogen) atoms. The highest BCUT2D eigenvalue weighted by Gasteiger charge is 2.08. The average Bonchev–Trinajstić information content (AvgIpc) is 3.10. The van der Waals surface area contributed by atoms with E-state index in [0.717, 1.165) is 0 Å². The van der Waals surface area contributed by atoms with Crippen LogP contribution < -0.4 is 0 Å². The van der Waals surface area contributed by atoms with E-state index in [2.05, 4.69) is 180 Å². The van der Waals surface area contributed by atoms with Crippen LogP contribution in [0.4, 0.5) is 0 Å². The van der Waals surface area contributed by atoms with Gasteiger partial charge >= 0.3 is 0 Å². The highest BCUT2D eigenvalue weighted by Crippen LogP contribution is 2.29. The molecule has 0 bridgehead atoms. The minimum atomic E-state index is 0.543. The summed E-state index contributed by atoms with van der Waals surface area (Å²) in [6.45, 7) is 13.4. The third-order valence-corrected chi connectivity index (χ3v) is 7.91. The Kier molecular flexibility index (Phi) is 12.5. The average molecular weight is 590 g/mol. The molecule has 0 radical (unpaired) electrons. The summed E-state index contributed by atoms with van der Waals surface area (Å²) in [5.74, 6) is 1.72. The molecule has 0 unspecified atom stereocenters. The molecule has 228 valence electrons. The quantitative estimate of drug-likeness (QED) is 0.188. The van der Waals surface area contributed by atoms with Gasteiger partial charge in [0, 0.05) is 18.0 Å². The van der Waals surface area contributed by atoms with E-state index in [1.54, 1.807) is 0 Å². The van der Waals surface area contributed by atoms with Crippen LogP contribution in [0.2, 0.25) is 0 Å². The summed E-state index contributed by atoms with van der Waals surface area (Å²) in [5, 5.41) is 0. The summed E-state index contributed by atoms with van der Waals surface area (Å²) >= 11 is 0. The van der Waals surface area contributed by atoms with Gasteiger partial charge in [0.05, 0.1) is 0 Å². The summed E-state index contributed by atoms with van der Waals surface area (Å²) in [4.78, 5) is 4.16. The monoisotopic (exact) mass is 589 g/mol. The normalized spacial score (nSPS) is 10.6. The Hall–Kier alpha value is -4.75. The lowest BCUT2D eigenvalue weighted by atomic mass is 9.93. The van der Waals surface area contributed by atoms with Crippen molar-refractivity contribution in [1.82, 2.24) is 4.98 Å². The van der Waals surface area contributed by atoms with Crippen LogP contribution in [-0.4, -0.2) is 4.98 Å². The van der Waals surface area contributed by atoms with Gasteiger partial charge in [-0.2, -0.15) is 0 Å². The number of benzene rings is 5. The van der Waals surface area contributed by atoms with Crippen LogP contribution in [0, 0.1) is 0 Å². The molecule has 6 rings (SSSR count). The summed E-state index contributed by atoms with van der Waals surface area (Å²) in [7, 11) is 0. The topological polar surface area (TPSA) is 12.9 Å². The summed E-state index contributed by atoms with van der Waals surface area (Å²) < 4.78 is 0. The van der Waals surface area contributed by atoms with Crippen molar-refractivity contribution in [2.75, 3.05) is 0 Å². The molecule has 0 atom stereocenters. The van der Waals surface area contributed by atoms with Crippen LogP contribution in [0.3, 0.4) is 0 Å². The molecule has 1 aromatic heterocycles. The van der Waals surface area contributed by atoms with Crippen LogP contribution in [0.15, 0.2) is 158 Å². The van der Waals surface area contributed by atoms with Gasteiger partial charge in [-0.05, 0) is 68.3 Å². The predicted octanol–water partition coefficient (Wildman–Crippen LogP) is 12.8. The maximum atomic E-state index is 4.16. The van der Waals surface area contributed by atoms with Crippen LogP contribution >= 0.6 is 0 Å². The molecule has 0 fully saturated rings. The maximum Gasteiger partial charge on any atom is 0.0346 e. The molecule has 0 N–H and O–H groups in total. The molecule has 0 saturated heterocycles. The smallest absolute Gasteiger partial charge is 0.0346 e. The number of nitrogens with zero attached hydrogens (tertiary/aromatic N) is 1. The number of rotatable bonds is 6. The summed E-state index contributed by atoms with van der Waals surface area (Å²) in [5.41, 5.74) is 11.9. The van der Waals surface area contributed by atoms with Crippen molar-refractivity contribution in [2.45, 2.75) is 59.3 Å². The SMILES string of the molecule is CC(C)c1ccc(-c2ccccc2)cc1.CC(C)c1ccccc1-c1ccccc1.CC(C)c1ccccc1-c1cccnc1. The highest BCUT2D eigenvalue weighted by molar-refractivity contribution is 5.68. The fraction of sp³-hybridized carbons (Fsp3) is 0.205. The molecule has 0 aliphatic rings. The Balaban J connectivity index is 0.000000154. The maximum absolute atomic E-state index is 4.16. The standard InChI is InChI=1S/2C15H16.C14H15N/c1-12(2)14-10-6-7-11-15(14)13-8-4-3-5-9-13;1-12(2)13-8-10-15(11-9-13)14-6-4-3-5-7-14;1-11(2)13-7-3-4-8-14(13)12-6-5-9-15-10-12/h2*3-12H,1-2H3;3-11H,1-2H3. The van der Waals surface area contributed by atoms with Crippen molar-refractivity contribution in [2.24, 2.45) is 0 Å². The lowest BCUT2D eigenvalue weighted by Gasteiger charge is -2.12. The first-order valence-corrected chi connectivity index (χ1v) is 16.1. The Labute approximate surface area is 271 Å². The number of aromatic nitrogens is 1. The number of pyridine rings is 1. The largest absolute Gasteiger partial charge is 0.264 e. The van der Waals surface area contributed by atoms with E-state index < -0.39 is 0 Å². The molecule has 1 nitrogen and oxygen atoms in total. The second-order valence-corrected chi connectivity index (χ2v) is 12.2. The number of hydrogen-bond acceptors (Lipinski definition) is 1. The first kappa shape index (κ1) is 33.1. The second kappa shape index (κ2) is 16.9. The van der Waals surface area contributed by atoms with Gasteiger partial charge in [0.2, 0.25) is 0 Å². The molecule has 0 spiro atoms. The van der Waals surface area contributed by atoms with Gasteiger partial charge in [-0.25, -0.2) is 0 Å². The Morgan fingerprint density at radius 3 is 1.24 bits per heavy atom. The second-order valence-electron chi connectivity index (χ2n) is 12.2. The van der Waals surface area contributed by atoms with Crippen molar-refractivity contribution in [3.05, 3.63) is 175 Å². The van der Waals surface area contributed by atoms with E-state index in [1.807, 2.05) is 24.5 Å². The van der Waals surface area contributed by atoms with Crippen molar-refractivity contribution < 1.29 is 0 Å². The summed E-state index contributed by atoms with van der Waals surface area (Å²) in [6.07, 6.45) is 3.72. The van der Waals surface area contributed by atoms with Crippen molar-refractivity contribution in [3.8, 4) is 33.4 Å². The van der Waals surface area contributed by atoms with Gasteiger partial charge in [0.25, 0.3) is 0 Å². The van der Waals surface area contributed by atoms with Crippen molar-refractivity contribution in [3.63, 3.8) is 0 Å². The fourth-order valence-corrected chi connectivity index (χ4v) is 5.36. The van der Waals surface area contributed by atoms with Gasteiger partial charge in [0.15, 0.2) is 0 Å². The van der Waals surface area contributed by atoms with Gasteiger partial charge < -0.3 is 0 Å². The zero-order chi connectivity index (χ0) is 32.0. The van der Waals surface area contributed by atoms with Crippen LogP contribution in [0.5, 0.6) is 0 Å². The molecule has 6 aromatic rings. The Bertz CT molecular complexity index is 1600. The van der Waals surface area contributed by atoms with Gasteiger partial charge in [-0.15, -0.1) is 0 Å². The first-order valence-electron chi connectivity index (χ1n) is 16.1. The minimum Gasteiger partial charge on any atom is -0.264 e. The fourth-order valence-electron chi connectivity index (χ4n) is 5.36. The van der Waals surface area contributed by atoms with E-state index in [-0.39, 0.29) is 0 Å². The van der Waals surface area contributed by atoms with Gasteiger partial charge in [-0.1, -0.05) is 181 Å². The third-order valence-electron chi connectivity index (χ3n) is 7.91. The zero-order valence-corrected chi connectivity index (χ0v) is 27.7. The zero-order valence-electron chi connectivity index (χ0n) is 27.7. The third kappa shape index (κ3) is 9.62. The molecule has 1 heterocycles. The minimum absolute atomic E-state index is 0.543. The summed E-state index contributed by atoms with van der Waals surface area (Å²) in [6, 6.07) is 51.1. The Morgan fingerprint density at radius 1 is 0.356 bits per heavy atom. The lowest BCUT2D eigenvalue weighted by Crippen LogP contribution is -1.91. The van der Waals surface area contributed by atoms with Crippen molar-refractivity contribution >= 4 is 0 Å². The van der Waals surface area contributed by atoms with Gasteiger partial charge in [-0.3, -0.25) is 4.98 Å². The predicted molar refractivity (Wildman–Crippen MR) is 196 cm³/mol. The molecule has 0 aliphatic carbocycles. The number of hydrogen-bond donors (Lipinski definition) is 0. The molecule has 1 heteroatoms. The van der Waals surface area contributed by atoms with E-state index in [9.17, 15) is 0 Å². The van der Waals surface area contributed by atoms with E-state index in [0.29, 0.717) is 17.8 Å². The highest BCUT2D eigenvalue weighted by atomic mass is 14.6. The molecule has 0 amide bonds. The van der Waals surface area contributed by atoms with Crippen LogP contribution in [0.25, 0.3) is 33.4 Å². The van der Waals surface area contributed by atoms with Crippen molar-refractivity contribution in [1.29, 1.82) is 0 Å². The van der Waals surface area contributed by atoms with Crippen LogP contribution in [0.1, 0.15) is 76.0 Å². The lowest BCUT2D eigenvalue weighted by molar-refractivity contribution is 0.867. The van der Waals surface area contributed by atoms with Gasteiger partial charge in [0.1, 0.15) is 0 Å². The first-order chi connectivity index (χ1) is 21.8. The molecule has 0 aliphatic heterocycles. The molecular weight excluding hydrogens is 542 g/mol. The van der Waals surface area contributed by atoms with Crippen LogP contribution in [-0.2, 0) is 0 Å². The molecule has 0 saturated carbocycles. The Morgan fingerprint density at radius 2 is 0.778 bits per heavy atom. The molecular formula is C44H47N. The van der Waals surface area contributed by atoms with E-state index in [4.69, 9.17) is 0 Å². The van der Waals surface area contributed by atoms with E-state index in [1.165, 1.54) is 50.1 Å².